The minimum absolute atomic E-state index is 0.0160. The van der Waals surface area contributed by atoms with Crippen LogP contribution >= 0.6 is 27.5 Å². The highest BCUT2D eigenvalue weighted by Crippen LogP contribution is 2.27. The molecule has 1 aliphatic heterocycles. The summed E-state index contributed by atoms with van der Waals surface area (Å²) in [6.07, 6.45) is 0.752. The predicted octanol–water partition coefficient (Wildman–Crippen LogP) is 2.41. The fourth-order valence-electron chi connectivity index (χ4n) is 1.83. The summed E-state index contributed by atoms with van der Waals surface area (Å²) in [6.45, 7) is 1.04. The molecule has 2 rings (SSSR count). The quantitative estimate of drug-likeness (QED) is 0.808. The molecule has 1 atom stereocenters. The van der Waals surface area contributed by atoms with Gasteiger partial charge in [-0.3, -0.25) is 4.79 Å². The van der Waals surface area contributed by atoms with Crippen LogP contribution in [0.1, 0.15) is 16.8 Å². The van der Waals surface area contributed by atoms with Crippen molar-refractivity contribution in [3.05, 3.63) is 33.0 Å². The number of carbonyl (C=O) groups excluding carboxylic acids is 1. The Morgan fingerprint density at radius 3 is 2.88 bits per heavy atom. The van der Waals surface area contributed by atoms with Crippen molar-refractivity contribution >= 4 is 33.4 Å². The second kappa shape index (κ2) is 4.92. The molecule has 1 aliphatic rings. The van der Waals surface area contributed by atoms with E-state index in [0.29, 0.717) is 17.6 Å². The van der Waals surface area contributed by atoms with Crippen LogP contribution in [0.5, 0.6) is 0 Å². The van der Waals surface area contributed by atoms with Gasteiger partial charge in [-0.25, -0.2) is 4.39 Å². The Balaban J connectivity index is 2.28. The predicted molar refractivity (Wildman–Crippen MR) is 67.6 cm³/mol. The van der Waals surface area contributed by atoms with E-state index in [2.05, 4.69) is 15.9 Å². The van der Waals surface area contributed by atoms with Crippen LogP contribution in [-0.2, 0) is 0 Å². The third-order valence-electron chi connectivity index (χ3n) is 2.75. The van der Waals surface area contributed by atoms with Gasteiger partial charge in [0.2, 0.25) is 0 Å². The zero-order valence-electron chi connectivity index (χ0n) is 8.92. The Morgan fingerprint density at radius 1 is 1.59 bits per heavy atom. The average molecular weight is 322 g/mol. The van der Waals surface area contributed by atoms with Gasteiger partial charge in [0.15, 0.2) is 0 Å². The number of nitrogens with zero attached hydrogens (tertiary/aromatic N) is 1. The number of amides is 1. The van der Waals surface area contributed by atoms with Crippen LogP contribution in [0.4, 0.5) is 4.39 Å². The number of hydrogen-bond acceptors (Lipinski definition) is 2. The fraction of sp³-hybridized carbons (Fsp3) is 0.364. The summed E-state index contributed by atoms with van der Waals surface area (Å²) in [5.41, 5.74) is 5.74. The van der Waals surface area contributed by atoms with E-state index in [1.54, 1.807) is 4.90 Å². The van der Waals surface area contributed by atoms with E-state index in [0.717, 1.165) is 12.5 Å². The van der Waals surface area contributed by atoms with Crippen molar-refractivity contribution in [1.82, 2.24) is 4.90 Å². The van der Waals surface area contributed by atoms with Gasteiger partial charge < -0.3 is 10.6 Å². The van der Waals surface area contributed by atoms with Crippen LogP contribution in [0.3, 0.4) is 0 Å². The van der Waals surface area contributed by atoms with Crippen LogP contribution in [-0.4, -0.2) is 29.9 Å². The largest absolute Gasteiger partial charge is 0.337 e. The zero-order chi connectivity index (χ0) is 12.6. The van der Waals surface area contributed by atoms with Gasteiger partial charge in [-0.1, -0.05) is 11.6 Å². The summed E-state index contributed by atoms with van der Waals surface area (Å²) < 4.78 is 14.2. The third kappa shape index (κ3) is 2.61. The summed E-state index contributed by atoms with van der Waals surface area (Å²) in [4.78, 5) is 13.6. The highest BCUT2D eigenvalue weighted by atomic mass is 79.9. The number of rotatable bonds is 1. The first-order valence-electron chi connectivity index (χ1n) is 5.18. The van der Waals surface area contributed by atoms with E-state index in [1.807, 2.05) is 0 Å². The molecule has 6 heteroatoms. The molecule has 0 radical (unpaired) electrons. The number of nitrogens with two attached hydrogens (primary N) is 1. The summed E-state index contributed by atoms with van der Waals surface area (Å²) in [7, 11) is 0. The van der Waals surface area contributed by atoms with Gasteiger partial charge in [-0.15, -0.1) is 0 Å². The molecule has 1 saturated heterocycles. The number of carbonyl (C=O) groups is 1. The molecule has 1 aromatic rings. The highest BCUT2D eigenvalue weighted by molar-refractivity contribution is 9.10. The molecule has 17 heavy (non-hydrogen) atoms. The summed E-state index contributed by atoms with van der Waals surface area (Å²) in [6, 6.07) is 2.52. The van der Waals surface area contributed by atoms with E-state index >= 15 is 0 Å². The van der Waals surface area contributed by atoms with E-state index < -0.39 is 5.82 Å². The minimum atomic E-state index is -0.608. The molecule has 0 spiro atoms. The van der Waals surface area contributed by atoms with E-state index in [9.17, 15) is 9.18 Å². The molecule has 1 aromatic carbocycles. The van der Waals surface area contributed by atoms with Crippen molar-refractivity contribution in [1.29, 1.82) is 0 Å². The molecule has 0 unspecified atom stereocenters. The normalized spacial score (nSPS) is 19.8. The first-order chi connectivity index (χ1) is 7.99. The van der Waals surface area contributed by atoms with Crippen molar-refractivity contribution in [2.75, 3.05) is 13.1 Å². The Morgan fingerprint density at radius 2 is 2.29 bits per heavy atom. The Hall–Kier alpha value is -0.650. The van der Waals surface area contributed by atoms with Gasteiger partial charge in [0.05, 0.1) is 10.6 Å². The number of halogens is 3. The van der Waals surface area contributed by atoms with E-state index in [-0.39, 0.29) is 22.5 Å². The molecule has 1 fully saturated rings. The summed E-state index contributed by atoms with van der Waals surface area (Å²) in [5, 5.41) is 0.247. The lowest BCUT2D eigenvalue weighted by Crippen LogP contribution is -2.32. The first-order valence-corrected chi connectivity index (χ1v) is 6.35. The summed E-state index contributed by atoms with van der Waals surface area (Å²) >= 11 is 8.92. The summed E-state index contributed by atoms with van der Waals surface area (Å²) in [5.74, 6) is -0.948. The molecular formula is C11H11BrClFN2O. The van der Waals surface area contributed by atoms with Crippen LogP contribution in [0, 0.1) is 5.82 Å². The van der Waals surface area contributed by atoms with Crippen molar-refractivity contribution in [3.8, 4) is 0 Å². The van der Waals surface area contributed by atoms with Gasteiger partial charge in [-0.05, 0) is 34.5 Å². The lowest BCUT2D eigenvalue weighted by Gasteiger charge is -2.16. The highest BCUT2D eigenvalue weighted by Gasteiger charge is 2.26. The van der Waals surface area contributed by atoms with Crippen LogP contribution in [0.15, 0.2) is 16.6 Å². The number of likely N-dealkylation sites (tertiary alicyclic amines) is 1. The Bertz CT molecular complexity index is 469. The molecule has 0 bridgehead atoms. The van der Waals surface area contributed by atoms with Gasteiger partial charge in [0, 0.05) is 23.6 Å². The lowest BCUT2D eigenvalue weighted by atomic mass is 10.2. The second-order valence-electron chi connectivity index (χ2n) is 4.05. The molecule has 1 amide bonds. The van der Waals surface area contributed by atoms with Crippen LogP contribution < -0.4 is 5.73 Å². The molecule has 0 saturated carbocycles. The third-order valence-corrected chi connectivity index (χ3v) is 3.95. The maximum atomic E-state index is 13.6. The van der Waals surface area contributed by atoms with Gasteiger partial charge >= 0.3 is 0 Å². The fourth-order valence-corrected chi connectivity index (χ4v) is 2.32. The molecule has 3 nitrogen and oxygen atoms in total. The lowest BCUT2D eigenvalue weighted by molar-refractivity contribution is 0.0786. The number of benzene rings is 1. The monoisotopic (exact) mass is 320 g/mol. The van der Waals surface area contributed by atoms with E-state index in [1.165, 1.54) is 6.07 Å². The average Bonchev–Trinajstić information content (AvgIpc) is 2.69. The van der Waals surface area contributed by atoms with Gasteiger partial charge in [-0.2, -0.15) is 0 Å². The maximum Gasteiger partial charge on any atom is 0.256 e. The molecule has 0 aromatic heterocycles. The molecule has 92 valence electrons. The molecule has 1 heterocycles. The smallest absolute Gasteiger partial charge is 0.256 e. The Labute approximate surface area is 112 Å². The zero-order valence-corrected chi connectivity index (χ0v) is 11.3. The Kier molecular flexibility index (Phi) is 3.70. The molecular weight excluding hydrogens is 310 g/mol. The number of hydrogen-bond donors (Lipinski definition) is 1. The topological polar surface area (TPSA) is 46.3 Å². The van der Waals surface area contributed by atoms with Crippen molar-refractivity contribution in [2.45, 2.75) is 12.5 Å². The minimum Gasteiger partial charge on any atom is -0.337 e. The SMILES string of the molecule is N[C@H]1CCN(C(=O)c2cc(Br)c(Cl)cc2F)C1. The van der Waals surface area contributed by atoms with Crippen LogP contribution in [0.25, 0.3) is 0 Å². The standard InChI is InChI=1S/C11H11BrClFN2O/c12-8-3-7(10(14)4-9(8)13)11(17)16-2-1-6(15)5-16/h3-4,6H,1-2,5,15H2/t6-/m0/s1. The first kappa shape index (κ1) is 12.8. The van der Waals surface area contributed by atoms with Crippen molar-refractivity contribution in [2.24, 2.45) is 5.73 Å². The van der Waals surface area contributed by atoms with Crippen molar-refractivity contribution in [3.63, 3.8) is 0 Å². The van der Waals surface area contributed by atoms with Crippen molar-refractivity contribution < 1.29 is 9.18 Å². The second-order valence-corrected chi connectivity index (χ2v) is 5.31. The van der Waals surface area contributed by atoms with Gasteiger partial charge in [0.25, 0.3) is 5.91 Å². The van der Waals surface area contributed by atoms with E-state index in [4.69, 9.17) is 17.3 Å². The molecule has 0 aliphatic carbocycles. The van der Waals surface area contributed by atoms with Gasteiger partial charge in [0.1, 0.15) is 5.82 Å². The van der Waals surface area contributed by atoms with Crippen LogP contribution in [0.2, 0.25) is 5.02 Å². The maximum absolute atomic E-state index is 13.6. The molecule has 2 N–H and O–H groups in total.